The maximum atomic E-state index is 11.8. The van der Waals surface area contributed by atoms with E-state index in [9.17, 15) is 4.79 Å². The molecule has 0 aromatic heterocycles. The minimum Gasteiger partial charge on any atom is -0.484 e. The van der Waals surface area contributed by atoms with Gasteiger partial charge in [0.25, 0.3) is 5.91 Å². The van der Waals surface area contributed by atoms with Gasteiger partial charge in [-0.25, -0.2) is 5.43 Å². The fraction of sp³-hybridized carbons (Fsp3) is 0.300. The molecule has 0 aliphatic rings. The third-order valence-electron chi connectivity index (χ3n) is 3.74. The molecule has 2 aromatic carbocycles. The highest BCUT2D eigenvalue weighted by Gasteiger charge is 2.21. The zero-order chi connectivity index (χ0) is 17.4. The van der Waals surface area contributed by atoms with Crippen LogP contribution in [0.3, 0.4) is 0 Å². The number of hydrogen-bond donors (Lipinski definition) is 1. The molecule has 1 amide bonds. The number of para-hydroxylation sites is 1. The van der Waals surface area contributed by atoms with Crippen LogP contribution >= 0.6 is 0 Å². The van der Waals surface area contributed by atoms with Gasteiger partial charge in [-0.2, -0.15) is 5.10 Å². The van der Waals surface area contributed by atoms with Gasteiger partial charge in [-0.15, -0.1) is 0 Å². The number of nitrogens with zero attached hydrogens (tertiary/aromatic N) is 1. The van der Waals surface area contributed by atoms with Gasteiger partial charge in [-0.1, -0.05) is 62.4 Å². The Bertz CT molecular complexity index is 679. The van der Waals surface area contributed by atoms with Crippen molar-refractivity contribution in [3.63, 3.8) is 0 Å². The zero-order valence-electron chi connectivity index (χ0n) is 14.5. The van der Waals surface area contributed by atoms with Gasteiger partial charge in [0.15, 0.2) is 6.61 Å². The summed E-state index contributed by atoms with van der Waals surface area (Å²) >= 11 is 0. The molecule has 1 N–H and O–H groups in total. The summed E-state index contributed by atoms with van der Waals surface area (Å²) in [6.45, 7) is 6.20. The highest BCUT2D eigenvalue weighted by atomic mass is 16.5. The fourth-order valence-corrected chi connectivity index (χ4v) is 2.53. The summed E-state index contributed by atoms with van der Waals surface area (Å²) < 4.78 is 5.39. The number of carbonyl (C=O) groups excluding carboxylic acids is 1. The van der Waals surface area contributed by atoms with Crippen molar-refractivity contribution in [3.8, 4) is 5.75 Å². The van der Waals surface area contributed by atoms with E-state index < -0.39 is 0 Å². The second-order valence-corrected chi connectivity index (χ2v) is 6.41. The van der Waals surface area contributed by atoms with Crippen molar-refractivity contribution in [2.24, 2.45) is 5.10 Å². The standard InChI is InChI=1S/C20H24N2O2/c1-16(14-20(2,3)17-10-6-4-7-11-17)21-22-19(23)15-24-18-12-8-5-9-13-18/h4-13H,14-15H2,1-3H3,(H,22,23)/b21-16-. The Kier molecular flexibility index (Phi) is 6.13. The summed E-state index contributed by atoms with van der Waals surface area (Å²) in [6, 6.07) is 19.5. The number of amides is 1. The van der Waals surface area contributed by atoms with Crippen LogP contribution in [0.2, 0.25) is 0 Å². The molecule has 0 aliphatic heterocycles. The average molecular weight is 324 g/mol. The van der Waals surface area contributed by atoms with E-state index in [0.29, 0.717) is 5.75 Å². The first kappa shape index (κ1) is 17.7. The Morgan fingerprint density at radius 2 is 1.62 bits per heavy atom. The van der Waals surface area contributed by atoms with E-state index in [1.54, 1.807) is 0 Å². The largest absolute Gasteiger partial charge is 0.484 e. The Morgan fingerprint density at radius 3 is 2.25 bits per heavy atom. The Labute approximate surface area is 143 Å². The van der Waals surface area contributed by atoms with Crippen LogP contribution < -0.4 is 10.2 Å². The molecule has 4 heteroatoms. The summed E-state index contributed by atoms with van der Waals surface area (Å²) in [5.74, 6) is 0.397. The molecule has 0 unspecified atom stereocenters. The van der Waals surface area contributed by atoms with E-state index in [0.717, 1.165) is 12.1 Å². The monoisotopic (exact) mass is 324 g/mol. The lowest BCUT2D eigenvalue weighted by Crippen LogP contribution is -2.27. The number of hydrogen-bond acceptors (Lipinski definition) is 3. The average Bonchev–Trinajstić information content (AvgIpc) is 2.59. The maximum Gasteiger partial charge on any atom is 0.277 e. The van der Waals surface area contributed by atoms with Crippen molar-refractivity contribution in [1.29, 1.82) is 0 Å². The van der Waals surface area contributed by atoms with Gasteiger partial charge in [0.05, 0.1) is 0 Å². The molecule has 126 valence electrons. The smallest absolute Gasteiger partial charge is 0.277 e. The SMILES string of the molecule is C/C(CC(C)(C)c1ccccc1)=N/NC(=O)COc1ccccc1. The molecule has 0 heterocycles. The molecule has 0 fully saturated rings. The second kappa shape index (κ2) is 8.29. The lowest BCUT2D eigenvalue weighted by Gasteiger charge is -2.25. The van der Waals surface area contributed by atoms with Gasteiger partial charge in [0.2, 0.25) is 0 Å². The maximum absolute atomic E-state index is 11.8. The summed E-state index contributed by atoms with van der Waals surface area (Å²) in [5, 5.41) is 4.18. The van der Waals surface area contributed by atoms with Crippen molar-refractivity contribution >= 4 is 11.6 Å². The van der Waals surface area contributed by atoms with Gasteiger partial charge in [-0.05, 0) is 36.5 Å². The molecule has 0 bridgehead atoms. The third-order valence-corrected chi connectivity index (χ3v) is 3.74. The molecule has 0 radical (unpaired) electrons. The van der Waals surface area contributed by atoms with Crippen molar-refractivity contribution in [1.82, 2.24) is 5.43 Å². The van der Waals surface area contributed by atoms with Crippen molar-refractivity contribution in [2.75, 3.05) is 6.61 Å². The first-order valence-electron chi connectivity index (χ1n) is 8.03. The van der Waals surface area contributed by atoms with Crippen LogP contribution in [0.25, 0.3) is 0 Å². The number of ether oxygens (including phenoxy) is 1. The Morgan fingerprint density at radius 1 is 1.04 bits per heavy atom. The molecule has 0 saturated carbocycles. The van der Waals surface area contributed by atoms with Crippen LogP contribution in [-0.4, -0.2) is 18.2 Å². The van der Waals surface area contributed by atoms with E-state index in [4.69, 9.17) is 4.74 Å². The number of benzene rings is 2. The molecule has 2 aromatic rings. The lowest BCUT2D eigenvalue weighted by molar-refractivity contribution is -0.123. The van der Waals surface area contributed by atoms with Crippen LogP contribution in [-0.2, 0) is 10.2 Å². The van der Waals surface area contributed by atoms with Gasteiger partial charge in [0, 0.05) is 5.71 Å². The first-order valence-corrected chi connectivity index (χ1v) is 8.03. The topological polar surface area (TPSA) is 50.7 Å². The van der Waals surface area contributed by atoms with Crippen LogP contribution in [0.1, 0.15) is 32.8 Å². The molecule has 24 heavy (non-hydrogen) atoms. The van der Waals surface area contributed by atoms with Crippen LogP contribution in [0.5, 0.6) is 5.75 Å². The number of nitrogens with one attached hydrogen (secondary N) is 1. The quantitative estimate of drug-likeness (QED) is 0.620. The summed E-state index contributed by atoms with van der Waals surface area (Å²) in [6.07, 6.45) is 0.761. The van der Waals surface area contributed by atoms with Crippen molar-refractivity contribution < 1.29 is 9.53 Å². The highest BCUT2D eigenvalue weighted by Crippen LogP contribution is 2.27. The Balaban J connectivity index is 1.83. The van der Waals surface area contributed by atoms with Crippen LogP contribution in [0.4, 0.5) is 0 Å². The molecule has 2 rings (SSSR count). The predicted octanol–water partition coefficient (Wildman–Crippen LogP) is 3.93. The number of hydrazone groups is 1. The van der Waals surface area contributed by atoms with Gasteiger partial charge < -0.3 is 4.74 Å². The zero-order valence-corrected chi connectivity index (χ0v) is 14.5. The van der Waals surface area contributed by atoms with E-state index >= 15 is 0 Å². The normalized spacial score (nSPS) is 11.9. The van der Waals surface area contributed by atoms with Gasteiger partial charge in [-0.3, -0.25) is 4.79 Å². The van der Waals surface area contributed by atoms with Gasteiger partial charge >= 0.3 is 0 Å². The first-order chi connectivity index (χ1) is 11.5. The molecule has 0 aliphatic carbocycles. The van der Waals surface area contributed by atoms with Crippen molar-refractivity contribution in [3.05, 3.63) is 66.2 Å². The van der Waals surface area contributed by atoms with Crippen LogP contribution in [0, 0.1) is 0 Å². The number of rotatable bonds is 7. The fourth-order valence-electron chi connectivity index (χ4n) is 2.53. The summed E-state index contributed by atoms with van der Waals surface area (Å²) in [5.41, 5.74) is 4.63. The van der Waals surface area contributed by atoms with Crippen molar-refractivity contribution in [2.45, 2.75) is 32.6 Å². The van der Waals surface area contributed by atoms with E-state index in [-0.39, 0.29) is 17.9 Å². The molecule has 0 spiro atoms. The Hall–Kier alpha value is -2.62. The molecular formula is C20H24N2O2. The molecule has 0 atom stereocenters. The van der Waals surface area contributed by atoms with E-state index in [2.05, 4.69) is 36.5 Å². The predicted molar refractivity (Wildman–Crippen MR) is 97.3 cm³/mol. The molecule has 4 nitrogen and oxygen atoms in total. The third kappa shape index (κ3) is 5.54. The number of carbonyl (C=O) groups is 1. The minimum absolute atomic E-state index is 0.0416. The van der Waals surface area contributed by atoms with E-state index in [1.165, 1.54) is 5.56 Å². The molecule has 0 saturated heterocycles. The lowest BCUT2D eigenvalue weighted by atomic mass is 9.80. The summed E-state index contributed by atoms with van der Waals surface area (Å²) in [4.78, 5) is 11.8. The minimum atomic E-state index is -0.268. The summed E-state index contributed by atoms with van der Waals surface area (Å²) in [7, 11) is 0. The van der Waals surface area contributed by atoms with E-state index in [1.807, 2.05) is 55.5 Å². The second-order valence-electron chi connectivity index (χ2n) is 6.41. The van der Waals surface area contributed by atoms with Crippen LogP contribution in [0.15, 0.2) is 65.8 Å². The molecular weight excluding hydrogens is 300 g/mol. The highest BCUT2D eigenvalue weighted by molar-refractivity contribution is 5.85. The van der Waals surface area contributed by atoms with Gasteiger partial charge in [0.1, 0.15) is 5.75 Å².